The summed E-state index contributed by atoms with van der Waals surface area (Å²) in [6, 6.07) is 20.3. The third-order valence-electron chi connectivity index (χ3n) is 5.34. The van der Waals surface area contributed by atoms with E-state index in [1.807, 2.05) is 54.6 Å². The van der Waals surface area contributed by atoms with Gasteiger partial charge in [-0.1, -0.05) is 73.5 Å². The molecular formula is C26H29ClN2O3. The predicted octanol–water partition coefficient (Wildman–Crippen LogP) is 5.21. The van der Waals surface area contributed by atoms with Crippen molar-refractivity contribution >= 4 is 34.2 Å². The van der Waals surface area contributed by atoms with Crippen LogP contribution in [0.15, 0.2) is 66.7 Å². The van der Waals surface area contributed by atoms with E-state index in [1.54, 1.807) is 19.1 Å². The SMILES string of the molecule is CCCCNC(=O)[C@H](C)N(Cc1cccc(Cl)c1)C(=O)COc1cccc2ccccc12. The van der Waals surface area contributed by atoms with E-state index in [1.165, 1.54) is 4.90 Å². The summed E-state index contributed by atoms with van der Waals surface area (Å²) in [4.78, 5) is 27.4. The van der Waals surface area contributed by atoms with Gasteiger partial charge in [-0.05, 0) is 42.5 Å². The number of unbranched alkanes of at least 4 members (excludes halogenated alkanes) is 1. The van der Waals surface area contributed by atoms with Crippen molar-refractivity contribution in [3.8, 4) is 5.75 Å². The molecule has 0 spiro atoms. The summed E-state index contributed by atoms with van der Waals surface area (Å²) in [6.07, 6.45) is 1.88. The van der Waals surface area contributed by atoms with Gasteiger partial charge in [0.25, 0.3) is 5.91 Å². The minimum Gasteiger partial charge on any atom is -0.483 e. The van der Waals surface area contributed by atoms with E-state index < -0.39 is 6.04 Å². The molecule has 6 heteroatoms. The molecule has 1 atom stereocenters. The summed E-state index contributed by atoms with van der Waals surface area (Å²) in [6.45, 7) is 4.49. The van der Waals surface area contributed by atoms with Crippen LogP contribution in [0.25, 0.3) is 10.8 Å². The molecule has 168 valence electrons. The molecule has 0 aliphatic carbocycles. The normalized spacial score (nSPS) is 11.7. The molecule has 1 N–H and O–H groups in total. The van der Waals surface area contributed by atoms with Gasteiger partial charge in [0.15, 0.2) is 6.61 Å². The van der Waals surface area contributed by atoms with Crippen molar-refractivity contribution in [3.05, 3.63) is 77.3 Å². The highest BCUT2D eigenvalue weighted by Crippen LogP contribution is 2.25. The molecule has 0 radical (unpaired) electrons. The van der Waals surface area contributed by atoms with Crippen LogP contribution in [0.5, 0.6) is 5.75 Å². The molecule has 3 rings (SSSR count). The summed E-state index contributed by atoms with van der Waals surface area (Å²) < 4.78 is 5.90. The molecule has 3 aromatic carbocycles. The van der Waals surface area contributed by atoms with E-state index in [0.717, 1.165) is 29.2 Å². The Balaban J connectivity index is 1.76. The van der Waals surface area contributed by atoms with Crippen molar-refractivity contribution in [2.24, 2.45) is 0 Å². The summed E-state index contributed by atoms with van der Waals surface area (Å²) in [5.41, 5.74) is 0.851. The van der Waals surface area contributed by atoms with Crippen molar-refractivity contribution in [1.29, 1.82) is 0 Å². The molecule has 0 aliphatic heterocycles. The van der Waals surface area contributed by atoms with Gasteiger partial charge < -0.3 is 15.0 Å². The van der Waals surface area contributed by atoms with Crippen LogP contribution in [-0.4, -0.2) is 35.9 Å². The van der Waals surface area contributed by atoms with E-state index >= 15 is 0 Å². The van der Waals surface area contributed by atoms with E-state index in [9.17, 15) is 9.59 Å². The molecule has 0 aliphatic rings. The molecule has 3 aromatic rings. The third-order valence-corrected chi connectivity index (χ3v) is 5.57. The van der Waals surface area contributed by atoms with Crippen molar-refractivity contribution in [1.82, 2.24) is 10.2 Å². The highest BCUT2D eigenvalue weighted by atomic mass is 35.5. The Bertz CT molecular complexity index is 1060. The zero-order chi connectivity index (χ0) is 22.9. The molecule has 0 saturated heterocycles. The fraction of sp³-hybridized carbons (Fsp3) is 0.308. The van der Waals surface area contributed by atoms with Crippen LogP contribution in [0.1, 0.15) is 32.3 Å². The second kappa shape index (κ2) is 11.5. The number of nitrogens with zero attached hydrogens (tertiary/aromatic N) is 1. The Morgan fingerprint density at radius 3 is 2.59 bits per heavy atom. The lowest BCUT2D eigenvalue weighted by Gasteiger charge is -2.29. The lowest BCUT2D eigenvalue weighted by Crippen LogP contribution is -2.49. The van der Waals surface area contributed by atoms with Gasteiger partial charge in [0, 0.05) is 23.5 Å². The van der Waals surface area contributed by atoms with Crippen molar-refractivity contribution in [2.45, 2.75) is 39.3 Å². The summed E-state index contributed by atoms with van der Waals surface area (Å²) in [5, 5.41) is 5.48. The maximum atomic E-state index is 13.2. The van der Waals surface area contributed by atoms with Gasteiger partial charge >= 0.3 is 0 Å². The number of amides is 2. The number of fused-ring (bicyclic) bond motifs is 1. The quantitative estimate of drug-likeness (QED) is 0.430. The Kier molecular flexibility index (Phi) is 8.51. The number of rotatable bonds is 10. The topological polar surface area (TPSA) is 58.6 Å². The van der Waals surface area contributed by atoms with E-state index in [4.69, 9.17) is 16.3 Å². The number of benzene rings is 3. The summed E-state index contributed by atoms with van der Waals surface area (Å²) in [7, 11) is 0. The summed E-state index contributed by atoms with van der Waals surface area (Å²) in [5.74, 6) is 0.189. The van der Waals surface area contributed by atoms with Gasteiger partial charge in [0.1, 0.15) is 11.8 Å². The maximum absolute atomic E-state index is 13.2. The van der Waals surface area contributed by atoms with Crippen LogP contribution in [-0.2, 0) is 16.1 Å². The standard InChI is InChI=1S/C26H29ClN2O3/c1-3-4-15-28-26(31)19(2)29(17-20-9-7-12-22(27)16-20)25(30)18-32-24-14-8-11-21-10-5-6-13-23(21)24/h5-14,16,19H,3-4,15,17-18H2,1-2H3,(H,28,31)/t19-/m0/s1. The lowest BCUT2D eigenvalue weighted by molar-refractivity contribution is -0.142. The van der Waals surface area contributed by atoms with E-state index in [2.05, 4.69) is 12.2 Å². The highest BCUT2D eigenvalue weighted by Gasteiger charge is 2.26. The molecule has 0 bridgehead atoms. The van der Waals surface area contributed by atoms with Gasteiger partial charge in [0.2, 0.25) is 5.91 Å². The predicted molar refractivity (Wildman–Crippen MR) is 129 cm³/mol. The van der Waals surface area contributed by atoms with Crippen molar-refractivity contribution in [2.75, 3.05) is 13.2 Å². The average Bonchev–Trinajstić information content (AvgIpc) is 2.80. The van der Waals surface area contributed by atoms with Crippen molar-refractivity contribution in [3.63, 3.8) is 0 Å². The molecule has 0 unspecified atom stereocenters. The molecule has 32 heavy (non-hydrogen) atoms. The zero-order valence-electron chi connectivity index (χ0n) is 18.5. The molecule has 0 fully saturated rings. The second-order valence-electron chi connectivity index (χ2n) is 7.74. The Hall–Kier alpha value is -3.05. The van der Waals surface area contributed by atoms with Crippen LogP contribution in [0.4, 0.5) is 0 Å². The van der Waals surface area contributed by atoms with Crippen LogP contribution in [0, 0.1) is 0 Å². The largest absolute Gasteiger partial charge is 0.483 e. The third kappa shape index (κ3) is 6.24. The summed E-state index contributed by atoms with van der Waals surface area (Å²) >= 11 is 6.12. The lowest BCUT2D eigenvalue weighted by atomic mass is 10.1. The number of hydrogen-bond donors (Lipinski definition) is 1. The second-order valence-corrected chi connectivity index (χ2v) is 8.17. The number of carbonyl (C=O) groups is 2. The molecular weight excluding hydrogens is 424 g/mol. The first kappa shape index (κ1) is 23.6. The minimum absolute atomic E-state index is 0.166. The van der Waals surface area contributed by atoms with Gasteiger partial charge in [-0.3, -0.25) is 9.59 Å². The van der Waals surface area contributed by atoms with Gasteiger partial charge in [-0.2, -0.15) is 0 Å². The van der Waals surface area contributed by atoms with Crippen molar-refractivity contribution < 1.29 is 14.3 Å². The van der Waals surface area contributed by atoms with Gasteiger partial charge in [-0.25, -0.2) is 0 Å². The number of carbonyl (C=O) groups excluding carboxylic acids is 2. The number of halogens is 1. The minimum atomic E-state index is -0.644. The monoisotopic (exact) mass is 452 g/mol. The van der Waals surface area contributed by atoms with E-state index in [0.29, 0.717) is 17.3 Å². The fourth-order valence-electron chi connectivity index (χ4n) is 3.49. The van der Waals surface area contributed by atoms with E-state index in [-0.39, 0.29) is 25.0 Å². The first-order valence-corrected chi connectivity index (χ1v) is 11.3. The van der Waals surface area contributed by atoms with Gasteiger partial charge in [0.05, 0.1) is 0 Å². The van der Waals surface area contributed by atoms with Crippen LogP contribution < -0.4 is 10.1 Å². The van der Waals surface area contributed by atoms with Crippen LogP contribution >= 0.6 is 11.6 Å². The molecule has 0 aromatic heterocycles. The molecule has 5 nitrogen and oxygen atoms in total. The number of ether oxygens (including phenoxy) is 1. The number of nitrogens with one attached hydrogen (secondary N) is 1. The first-order chi connectivity index (χ1) is 15.5. The van der Waals surface area contributed by atoms with Crippen LogP contribution in [0.3, 0.4) is 0 Å². The molecule has 0 heterocycles. The maximum Gasteiger partial charge on any atom is 0.261 e. The average molecular weight is 453 g/mol. The zero-order valence-corrected chi connectivity index (χ0v) is 19.3. The first-order valence-electron chi connectivity index (χ1n) is 10.9. The number of hydrogen-bond acceptors (Lipinski definition) is 3. The molecule has 0 saturated carbocycles. The smallest absolute Gasteiger partial charge is 0.261 e. The Labute approximate surface area is 194 Å². The fourth-order valence-corrected chi connectivity index (χ4v) is 3.71. The van der Waals surface area contributed by atoms with Crippen LogP contribution in [0.2, 0.25) is 5.02 Å². The van der Waals surface area contributed by atoms with Gasteiger partial charge in [-0.15, -0.1) is 0 Å². The molecule has 2 amide bonds. The Morgan fingerprint density at radius 1 is 1.06 bits per heavy atom. The highest BCUT2D eigenvalue weighted by molar-refractivity contribution is 6.30. The Morgan fingerprint density at radius 2 is 1.81 bits per heavy atom.